The highest BCUT2D eigenvalue weighted by atomic mass is 32.1. The van der Waals surface area contributed by atoms with E-state index in [1.165, 1.54) is 0 Å². The van der Waals surface area contributed by atoms with Crippen molar-refractivity contribution in [3.63, 3.8) is 0 Å². The Morgan fingerprint density at radius 1 is 1.58 bits per heavy atom. The molecule has 0 spiro atoms. The molecule has 4 heteroatoms. The first-order valence-electron chi connectivity index (χ1n) is 3.82. The van der Waals surface area contributed by atoms with E-state index < -0.39 is 0 Å². The lowest BCUT2D eigenvalue weighted by atomic mass is 10.2. The molecule has 68 valence electrons. The summed E-state index contributed by atoms with van der Waals surface area (Å²) < 4.78 is 4.95. The van der Waals surface area contributed by atoms with Gasteiger partial charge in [-0.15, -0.1) is 0 Å². The van der Waals surface area contributed by atoms with Crippen LogP contribution in [0.15, 0.2) is 4.99 Å². The van der Waals surface area contributed by atoms with Crippen LogP contribution in [0.2, 0.25) is 0 Å². The van der Waals surface area contributed by atoms with Crippen LogP contribution in [-0.4, -0.2) is 23.8 Å². The smallest absolute Gasteiger partial charge is 0.310 e. The molecular weight excluding hydrogens is 174 g/mol. The summed E-state index contributed by atoms with van der Waals surface area (Å²) in [7, 11) is 0. The second-order valence-electron chi connectivity index (χ2n) is 2.82. The Hall–Kier alpha value is -0.730. The predicted molar refractivity (Wildman–Crippen MR) is 50.3 cm³/mol. The van der Waals surface area contributed by atoms with Gasteiger partial charge in [0.15, 0.2) is 0 Å². The maximum atomic E-state index is 11.1. The first-order chi connectivity index (χ1) is 5.57. The van der Waals surface area contributed by atoms with E-state index in [-0.39, 0.29) is 18.0 Å². The van der Waals surface area contributed by atoms with E-state index in [9.17, 15) is 4.79 Å². The molecule has 0 aliphatic carbocycles. The van der Waals surface area contributed by atoms with E-state index in [1.54, 1.807) is 6.92 Å². The predicted octanol–water partition coefficient (Wildman–Crippen LogP) is 1.68. The summed E-state index contributed by atoms with van der Waals surface area (Å²) in [6.45, 7) is 5.73. The van der Waals surface area contributed by atoms with Gasteiger partial charge in [-0.2, -0.15) is 0 Å². The van der Waals surface area contributed by atoms with Crippen molar-refractivity contribution in [2.24, 2.45) is 10.9 Å². The average Bonchev–Trinajstić information content (AvgIpc) is 1.98. The van der Waals surface area contributed by atoms with E-state index >= 15 is 0 Å². The fraction of sp³-hybridized carbons (Fsp3) is 0.750. The van der Waals surface area contributed by atoms with Gasteiger partial charge in [-0.05, 0) is 26.1 Å². The Balaban J connectivity index is 3.84. The Bertz CT molecular complexity index is 197. The first kappa shape index (κ1) is 11.3. The molecule has 12 heavy (non-hydrogen) atoms. The molecule has 0 radical (unpaired) electrons. The van der Waals surface area contributed by atoms with Gasteiger partial charge in [0.1, 0.15) is 0 Å². The molecule has 0 bridgehead atoms. The van der Waals surface area contributed by atoms with Crippen molar-refractivity contribution < 1.29 is 9.53 Å². The number of carbonyl (C=O) groups excluding carboxylic acids is 1. The van der Waals surface area contributed by atoms with Crippen LogP contribution in [0.4, 0.5) is 0 Å². The van der Waals surface area contributed by atoms with Crippen LogP contribution >= 0.6 is 12.2 Å². The summed E-state index contributed by atoms with van der Waals surface area (Å²) in [5, 5.41) is 2.21. The monoisotopic (exact) mass is 187 g/mol. The van der Waals surface area contributed by atoms with Crippen molar-refractivity contribution in [2.45, 2.75) is 26.9 Å². The standard InChI is InChI=1S/C8H13NO2S/c1-6(2)11-8(10)7(3)4-9-5-12/h6-7H,4H2,1-3H3. The van der Waals surface area contributed by atoms with Crippen LogP contribution < -0.4 is 0 Å². The van der Waals surface area contributed by atoms with Crippen molar-refractivity contribution in [1.82, 2.24) is 0 Å². The van der Waals surface area contributed by atoms with Crippen LogP contribution in [0.25, 0.3) is 0 Å². The third kappa shape index (κ3) is 4.99. The number of ether oxygens (including phenoxy) is 1. The fourth-order valence-corrected chi connectivity index (χ4v) is 0.672. The van der Waals surface area contributed by atoms with Crippen LogP contribution in [0, 0.1) is 5.92 Å². The number of nitrogens with zero attached hydrogens (tertiary/aromatic N) is 1. The third-order valence-electron chi connectivity index (χ3n) is 1.18. The number of esters is 1. The highest BCUT2D eigenvalue weighted by Gasteiger charge is 2.14. The summed E-state index contributed by atoms with van der Waals surface area (Å²) >= 11 is 4.38. The minimum absolute atomic E-state index is 0.0728. The molecule has 0 aromatic rings. The van der Waals surface area contributed by atoms with Gasteiger partial charge in [0, 0.05) is 0 Å². The van der Waals surface area contributed by atoms with Crippen LogP contribution in [0.1, 0.15) is 20.8 Å². The molecule has 0 rings (SSSR count). The number of thiocarbonyl (C=S) groups is 1. The highest BCUT2D eigenvalue weighted by Crippen LogP contribution is 2.01. The topological polar surface area (TPSA) is 38.7 Å². The van der Waals surface area contributed by atoms with Gasteiger partial charge < -0.3 is 4.74 Å². The molecule has 0 saturated carbocycles. The molecule has 1 atom stereocenters. The van der Waals surface area contributed by atoms with Gasteiger partial charge in [0.05, 0.1) is 23.7 Å². The number of carbonyl (C=O) groups is 1. The lowest BCUT2D eigenvalue weighted by Crippen LogP contribution is -2.20. The Kier molecular flexibility index (Phi) is 5.51. The zero-order chi connectivity index (χ0) is 9.56. The molecule has 0 N–H and O–H groups in total. The largest absolute Gasteiger partial charge is 0.463 e. The van der Waals surface area contributed by atoms with Crippen molar-refractivity contribution >= 4 is 23.3 Å². The third-order valence-corrected chi connectivity index (χ3v) is 1.31. The Morgan fingerprint density at radius 3 is 2.58 bits per heavy atom. The number of rotatable bonds is 4. The van der Waals surface area contributed by atoms with E-state index in [4.69, 9.17) is 4.74 Å². The maximum Gasteiger partial charge on any atom is 0.310 e. The fourth-order valence-electron chi connectivity index (χ4n) is 0.597. The lowest BCUT2D eigenvalue weighted by molar-refractivity contribution is -0.151. The zero-order valence-corrected chi connectivity index (χ0v) is 8.35. The number of isothiocyanates is 1. The summed E-state index contributed by atoms with van der Waals surface area (Å²) in [6, 6.07) is 0. The molecule has 0 aromatic heterocycles. The zero-order valence-electron chi connectivity index (χ0n) is 7.53. The molecule has 0 aliphatic heterocycles. The summed E-state index contributed by atoms with van der Waals surface area (Å²) in [4.78, 5) is 14.8. The molecule has 0 saturated heterocycles. The van der Waals surface area contributed by atoms with Gasteiger partial charge in [0.2, 0.25) is 0 Å². The molecular formula is C8H13NO2S. The Morgan fingerprint density at radius 2 is 2.17 bits per heavy atom. The summed E-state index contributed by atoms with van der Waals surface area (Å²) in [5.41, 5.74) is 0. The first-order valence-corrected chi connectivity index (χ1v) is 4.23. The van der Waals surface area contributed by atoms with Crippen molar-refractivity contribution in [3.8, 4) is 0 Å². The van der Waals surface area contributed by atoms with E-state index in [2.05, 4.69) is 22.4 Å². The van der Waals surface area contributed by atoms with E-state index in [1.807, 2.05) is 13.8 Å². The van der Waals surface area contributed by atoms with Crippen molar-refractivity contribution in [3.05, 3.63) is 0 Å². The molecule has 0 aromatic carbocycles. The second-order valence-corrected chi connectivity index (χ2v) is 3.00. The second kappa shape index (κ2) is 5.86. The Labute approximate surface area is 77.8 Å². The SMILES string of the molecule is CC(C)OC(=O)C(C)CN=C=S. The van der Waals surface area contributed by atoms with Gasteiger partial charge in [-0.3, -0.25) is 4.79 Å². The summed E-state index contributed by atoms with van der Waals surface area (Å²) in [5.74, 6) is -0.471. The normalized spacial score (nSPS) is 12.0. The van der Waals surface area contributed by atoms with E-state index in [0.29, 0.717) is 6.54 Å². The molecule has 0 amide bonds. The van der Waals surface area contributed by atoms with Crippen molar-refractivity contribution in [2.75, 3.05) is 6.54 Å². The van der Waals surface area contributed by atoms with Crippen LogP contribution in [0.3, 0.4) is 0 Å². The molecule has 1 unspecified atom stereocenters. The van der Waals surface area contributed by atoms with Gasteiger partial charge in [-0.25, -0.2) is 4.99 Å². The number of hydrogen-bond acceptors (Lipinski definition) is 4. The molecule has 0 fully saturated rings. The molecule has 3 nitrogen and oxygen atoms in total. The van der Waals surface area contributed by atoms with Gasteiger partial charge >= 0.3 is 5.97 Å². The highest BCUT2D eigenvalue weighted by molar-refractivity contribution is 7.78. The van der Waals surface area contributed by atoms with Gasteiger partial charge in [-0.1, -0.05) is 6.92 Å². The van der Waals surface area contributed by atoms with Gasteiger partial charge in [0.25, 0.3) is 0 Å². The molecule has 0 heterocycles. The maximum absolute atomic E-state index is 11.1. The summed E-state index contributed by atoms with van der Waals surface area (Å²) in [6.07, 6.45) is -0.0728. The number of aliphatic imine (C=N–C) groups is 1. The van der Waals surface area contributed by atoms with Crippen LogP contribution in [-0.2, 0) is 9.53 Å². The quantitative estimate of drug-likeness (QED) is 0.382. The van der Waals surface area contributed by atoms with Crippen molar-refractivity contribution in [1.29, 1.82) is 0 Å². The minimum Gasteiger partial charge on any atom is -0.463 e. The number of hydrogen-bond donors (Lipinski definition) is 0. The minimum atomic E-state index is -0.237. The lowest BCUT2D eigenvalue weighted by Gasteiger charge is -2.11. The van der Waals surface area contributed by atoms with E-state index in [0.717, 1.165) is 0 Å². The molecule has 0 aliphatic rings. The van der Waals surface area contributed by atoms with Crippen LogP contribution in [0.5, 0.6) is 0 Å². The average molecular weight is 187 g/mol.